The number of alkyl halides is 3. The summed E-state index contributed by atoms with van der Waals surface area (Å²) < 4.78 is 44.9. The Bertz CT molecular complexity index is 625. The first-order valence-electron chi connectivity index (χ1n) is 7.92. The number of thiocarbonyl (C=S) groups is 1. The third-order valence-corrected chi connectivity index (χ3v) is 5.77. The molecule has 1 saturated carbocycles. The maximum atomic E-state index is 13.4. The third kappa shape index (κ3) is 5.87. The molecule has 0 spiro atoms. The van der Waals surface area contributed by atoms with Gasteiger partial charge in [-0.05, 0) is 37.5 Å². The van der Waals surface area contributed by atoms with Gasteiger partial charge in [-0.2, -0.15) is 13.2 Å². The minimum Gasteiger partial charge on any atom is -0.479 e. The van der Waals surface area contributed by atoms with Crippen molar-refractivity contribution in [3.8, 4) is 0 Å². The predicted octanol–water partition coefficient (Wildman–Crippen LogP) is 5.06. The molecular formula is C18H24F3NO2S2. The normalized spacial score (nSPS) is 22.7. The minimum atomic E-state index is -4.52. The highest BCUT2D eigenvalue weighted by molar-refractivity contribution is 8.23. The Balaban J connectivity index is 0.00000338. The molecule has 1 N–H and O–H groups in total. The number of hydrogen-bond acceptors (Lipinski definition) is 4. The van der Waals surface area contributed by atoms with Crippen LogP contribution in [0.1, 0.15) is 45.6 Å². The fourth-order valence-corrected chi connectivity index (χ4v) is 4.83. The Hall–Kier alpha value is -1.28. The smallest absolute Gasteiger partial charge is 0.408 e. The number of rotatable bonds is 6. The van der Waals surface area contributed by atoms with Gasteiger partial charge in [-0.1, -0.05) is 49.5 Å². The molecule has 1 aliphatic rings. The SMILES string of the molecule is C.CCOC(=S)SC1(CC(NC(C)=O)C(F)(F)F)CC1c1ccccc1. The van der Waals surface area contributed by atoms with Gasteiger partial charge in [-0.3, -0.25) is 4.79 Å². The Labute approximate surface area is 162 Å². The Morgan fingerprint density at radius 2 is 2.04 bits per heavy atom. The molecule has 1 fully saturated rings. The first-order chi connectivity index (χ1) is 11.7. The number of nitrogens with one attached hydrogen (secondary N) is 1. The van der Waals surface area contributed by atoms with E-state index in [4.69, 9.17) is 17.0 Å². The molecule has 3 nitrogen and oxygen atoms in total. The van der Waals surface area contributed by atoms with Gasteiger partial charge < -0.3 is 10.1 Å². The molecule has 1 aliphatic carbocycles. The van der Waals surface area contributed by atoms with Gasteiger partial charge in [0.15, 0.2) is 0 Å². The quantitative estimate of drug-likeness (QED) is 0.669. The largest absolute Gasteiger partial charge is 0.479 e. The fourth-order valence-electron chi connectivity index (χ4n) is 2.93. The van der Waals surface area contributed by atoms with E-state index in [1.165, 1.54) is 11.8 Å². The maximum absolute atomic E-state index is 13.4. The van der Waals surface area contributed by atoms with Crippen molar-refractivity contribution in [1.29, 1.82) is 0 Å². The zero-order valence-electron chi connectivity index (χ0n) is 13.9. The van der Waals surface area contributed by atoms with Crippen LogP contribution in [0.2, 0.25) is 0 Å². The molecule has 3 atom stereocenters. The van der Waals surface area contributed by atoms with E-state index >= 15 is 0 Å². The van der Waals surface area contributed by atoms with Crippen molar-refractivity contribution in [2.24, 2.45) is 0 Å². The van der Waals surface area contributed by atoms with Crippen molar-refractivity contribution in [3.05, 3.63) is 35.9 Å². The Morgan fingerprint density at radius 3 is 2.54 bits per heavy atom. The number of carbonyl (C=O) groups is 1. The summed E-state index contributed by atoms with van der Waals surface area (Å²) in [6, 6.07) is 7.48. The monoisotopic (exact) mass is 407 g/mol. The molecule has 3 unspecified atom stereocenters. The summed E-state index contributed by atoms with van der Waals surface area (Å²) in [4.78, 5) is 11.2. The van der Waals surface area contributed by atoms with Gasteiger partial charge in [0, 0.05) is 17.6 Å². The maximum Gasteiger partial charge on any atom is 0.408 e. The molecule has 0 aromatic heterocycles. The molecule has 8 heteroatoms. The van der Waals surface area contributed by atoms with Crippen molar-refractivity contribution in [1.82, 2.24) is 5.32 Å². The first-order valence-corrected chi connectivity index (χ1v) is 9.15. The lowest BCUT2D eigenvalue weighted by Crippen LogP contribution is -2.46. The molecule has 0 heterocycles. The fraction of sp³-hybridized carbons (Fsp3) is 0.556. The van der Waals surface area contributed by atoms with Crippen LogP contribution in [0.5, 0.6) is 0 Å². The van der Waals surface area contributed by atoms with Crippen LogP contribution in [0, 0.1) is 0 Å². The molecule has 1 aromatic carbocycles. The lowest BCUT2D eigenvalue weighted by molar-refractivity contribution is -0.162. The second-order valence-electron chi connectivity index (χ2n) is 6.02. The number of thioether (sulfide) groups is 1. The van der Waals surface area contributed by atoms with Crippen molar-refractivity contribution < 1.29 is 22.7 Å². The van der Waals surface area contributed by atoms with Gasteiger partial charge in [0.2, 0.25) is 10.3 Å². The van der Waals surface area contributed by atoms with E-state index in [1.807, 2.05) is 35.6 Å². The number of carbonyl (C=O) groups excluding carboxylic acids is 1. The van der Waals surface area contributed by atoms with E-state index in [2.05, 4.69) is 0 Å². The van der Waals surface area contributed by atoms with Crippen molar-refractivity contribution in [3.63, 3.8) is 0 Å². The van der Waals surface area contributed by atoms with Gasteiger partial charge in [-0.15, -0.1) is 0 Å². The van der Waals surface area contributed by atoms with Crippen LogP contribution in [-0.4, -0.2) is 33.9 Å². The average Bonchev–Trinajstić information content (AvgIpc) is 3.20. The predicted molar refractivity (Wildman–Crippen MR) is 103 cm³/mol. The van der Waals surface area contributed by atoms with Crippen LogP contribution in [-0.2, 0) is 9.53 Å². The summed E-state index contributed by atoms with van der Waals surface area (Å²) in [5.41, 5.74) is 0.970. The van der Waals surface area contributed by atoms with E-state index in [0.29, 0.717) is 13.0 Å². The summed E-state index contributed by atoms with van der Waals surface area (Å²) in [7, 11) is 0. The Kier molecular flexibility index (Phi) is 7.95. The van der Waals surface area contributed by atoms with E-state index in [0.717, 1.165) is 12.5 Å². The Morgan fingerprint density at radius 1 is 1.42 bits per heavy atom. The van der Waals surface area contributed by atoms with Gasteiger partial charge >= 0.3 is 6.18 Å². The van der Waals surface area contributed by atoms with Gasteiger partial charge in [-0.25, -0.2) is 0 Å². The average molecular weight is 408 g/mol. The van der Waals surface area contributed by atoms with E-state index in [1.54, 1.807) is 6.92 Å². The summed E-state index contributed by atoms with van der Waals surface area (Å²) in [6.07, 6.45) is -4.20. The highest BCUT2D eigenvalue weighted by atomic mass is 32.2. The minimum absolute atomic E-state index is 0. The molecule has 146 valence electrons. The summed E-state index contributed by atoms with van der Waals surface area (Å²) in [6.45, 7) is 3.23. The molecule has 0 radical (unpaired) electrons. The topological polar surface area (TPSA) is 38.3 Å². The number of hydrogen-bond donors (Lipinski definition) is 1. The van der Waals surface area contributed by atoms with Gasteiger partial charge in [0.05, 0.1) is 6.61 Å². The lowest BCUT2D eigenvalue weighted by Gasteiger charge is -2.26. The molecule has 26 heavy (non-hydrogen) atoms. The van der Waals surface area contributed by atoms with E-state index < -0.39 is 22.9 Å². The first kappa shape index (κ1) is 22.8. The summed E-state index contributed by atoms with van der Waals surface area (Å²) >= 11 is 6.32. The highest BCUT2D eigenvalue weighted by Crippen LogP contribution is 2.63. The standard InChI is InChI=1S/C17H20F3NO2S2.CH4/c1-3-23-15(24)25-16(9-13(16)12-7-5-4-6-8-12)10-14(17(18,19)20)21-11(2)22;/h4-8,13-14H,3,9-10H2,1-2H3,(H,21,22);1H4. The number of ether oxygens (including phenoxy) is 1. The number of halogens is 3. The second kappa shape index (κ2) is 9.08. The number of amides is 1. The van der Waals surface area contributed by atoms with Crippen LogP contribution in [0.4, 0.5) is 13.2 Å². The van der Waals surface area contributed by atoms with Crippen molar-refractivity contribution >= 4 is 34.3 Å². The van der Waals surface area contributed by atoms with Crippen molar-refractivity contribution in [2.75, 3.05) is 6.61 Å². The molecule has 1 aromatic rings. The van der Waals surface area contributed by atoms with Gasteiger partial charge in [0.25, 0.3) is 0 Å². The van der Waals surface area contributed by atoms with Gasteiger partial charge in [0.1, 0.15) is 6.04 Å². The second-order valence-corrected chi connectivity index (χ2v) is 8.03. The van der Waals surface area contributed by atoms with Crippen LogP contribution < -0.4 is 5.32 Å². The summed E-state index contributed by atoms with van der Waals surface area (Å²) in [5, 5.41) is 2.03. The zero-order valence-corrected chi connectivity index (χ0v) is 15.6. The van der Waals surface area contributed by atoms with E-state index in [-0.39, 0.29) is 24.1 Å². The number of benzene rings is 1. The third-order valence-electron chi connectivity index (χ3n) is 4.10. The molecule has 1 amide bonds. The van der Waals surface area contributed by atoms with Crippen LogP contribution >= 0.6 is 24.0 Å². The van der Waals surface area contributed by atoms with Crippen molar-refractivity contribution in [2.45, 2.75) is 57.0 Å². The highest BCUT2D eigenvalue weighted by Gasteiger charge is 2.60. The zero-order chi connectivity index (χ0) is 18.7. The molecular weight excluding hydrogens is 383 g/mol. The molecule has 0 aliphatic heterocycles. The molecule has 0 saturated heterocycles. The molecule has 0 bridgehead atoms. The lowest BCUT2D eigenvalue weighted by atomic mass is 10.0. The molecule has 2 rings (SSSR count). The van der Waals surface area contributed by atoms with Crippen LogP contribution in [0.3, 0.4) is 0 Å². The van der Waals surface area contributed by atoms with E-state index in [9.17, 15) is 18.0 Å². The van der Waals surface area contributed by atoms with Crippen LogP contribution in [0.25, 0.3) is 0 Å². The summed E-state index contributed by atoms with van der Waals surface area (Å²) in [5.74, 6) is -0.762. The van der Waals surface area contributed by atoms with Crippen LogP contribution in [0.15, 0.2) is 30.3 Å².